The van der Waals surface area contributed by atoms with Gasteiger partial charge in [-0.05, 0) is 63.5 Å². The van der Waals surface area contributed by atoms with Gasteiger partial charge in [0.05, 0.1) is 5.52 Å². The van der Waals surface area contributed by atoms with Crippen LogP contribution in [0.5, 0.6) is 0 Å². The second-order valence-electron chi connectivity index (χ2n) is 4.54. The minimum absolute atomic E-state index is 1.08. The molecule has 90 valence electrons. The molecule has 0 unspecified atom stereocenters. The van der Waals surface area contributed by atoms with Gasteiger partial charge in [0.2, 0.25) is 0 Å². The van der Waals surface area contributed by atoms with Gasteiger partial charge in [-0.1, -0.05) is 12.1 Å². The second-order valence-corrected chi connectivity index (χ2v) is 4.54. The summed E-state index contributed by atoms with van der Waals surface area (Å²) in [7, 11) is 2.00. The molecule has 2 nitrogen and oxygen atoms in total. The predicted octanol–water partition coefficient (Wildman–Crippen LogP) is 3.09. The molecule has 0 saturated carbocycles. The normalized spacial score (nSPS) is 10.9. The summed E-state index contributed by atoms with van der Waals surface area (Å²) >= 11 is 0. The van der Waals surface area contributed by atoms with E-state index in [0.29, 0.717) is 0 Å². The Labute approximate surface area is 103 Å². The van der Waals surface area contributed by atoms with Gasteiger partial charge < -0.3 is 5.32 Å². The maximum absolute atomic E-state index is 4.52. The van der Waals surface area contributed by atoms with E-state index in [1.165, 1.54) is 23.8 Å². The van der Waals surface area contributed by atoms with E-state index in [-0.39, 0.29) is 0 Å². The maximum Gasteiger partial charge on any atom is 0.0705 e. The molecule has 2 rings (SSSR count). The van der Waals surface area contributed by atoms with E-state index in [0.717, 1.165) is 24.2 Å². The molecule has 0 aliphatic heterocycles. The van der Waals surface area contributed by atoms with Gasteiger partial charge in [0.15, 0.2) is 0 Å². The lowest BCUT2D eigenvalue weighted by molar-refractivity contribution is 0.677. The summed E-state index contributed by atoms with van der Waals surface area (Å²) in [4.78, 5) is 4.52. The van der Waals surface area contributed by atoms with E-state index < -0.39 is 0 Å². The molecular weight excluding hydrogens is 208 g/mol. The van der Waals surface area contributed by atoms with Crippen molar-refractivity contribution < 1.29 is 0 Å². The number of nitrogens with zero attached hydrogens (tertiary/aromatic N) is 1. The first-order chi connectivity index (χ1) is 8.29. The first-order valence-corrected chi connectivity index (χ1v) is 6.30. The number of hydrogen-bond donors (Lipinski definition) is 1. The number of aryl methyl sites for hydroxylation is 2. The second kappa shape index (κ2) is 5.78. The lowest BCUT2D eigenvalue weighted by Gasteiger charge is -2.04. The Bertz CT molecular complexity index is 491. The quantitative estimate of drug-likeness (QED) is 0.795. The first-order valence-electron chi connectivity index (χ1n) is 6.30. The molecule has 0 atom stereocenters. The number of unbranched alkanes of at least 4 members (excludes halogenated alkanes) is 1. The third-order valence-electron chi connectivity index (χ3n) is 3.04. The molecule has 1 heterocycles. The van der Waals surface area contributed by atoms with Crippen molar-refractivity contribution in [2.75, 3.05) is 13.6 Å². The van der Waals surface area contributed by atoms with E-state index in [9.17, 15) is 0 Å². The fourth-order valence-corrected chi connectivity index (χ4v) is 2.06. The predicted molar refractivity (Wildman–Crippen MR) is 73.3 cm³/mol. The standard InChI is InChI=1S/C15H20N2/c1-12-6-8-14-11-13(5-3-4-10-16-2)7-9-15(14)17-12/h6-9,11,16H,3-5,10H2,1-2H3. The van der Waals surface area contributed by atoms with Crippen molar-refractivity contribution in [2.45, 2.75) is 26.2 Å². The number of rotatable bonds is 5. The van der Waals surface area contributed by atoms with Crippen LogP contribution in [0.2, 0.25) is 0 Å². The van der Waals surface area contributed by atoms with E-state index in [1.54, 1.807) is 0 Å². The van der Waals surface area contributed by atoms with Crippen LogP contribution >= 0.6 is 0 Å². The SMILES string of the molecule is CNCCCCc1ccc2nc(C)ccc2c1. The molecule has 0 fully saturated rings. The van der Waals surface area contributed by atoms with Gasteiger partial charge in [0.25, 0.3) is 0 Å². The molecule has 2 aromatic rings. The van der Waals surface area contributed by atoms with Crippen LogP contribution in [0.4, 0.5) is 0 Å². The van der Waals surface area contributed by atoms with Gasteiger partial charge in [0.1, 0.15) is 0 Å². The van der Waals surface area contributed by atoms with Crippen molar-refractivity contribution in [1.82, 2.24) is 10.3 Å². The van der Waals surface area contributed by atoms with Gasteiger partial charge in [-0.25, -0.2) is 0 Å². The summed E-state index contributed by atoms with van der Waals surface area (Å²) in [5, 5.41) is 4.43. The Balaban J connectivity index is 2.07. The van der Waals surface area contributed by atoms with Crippen LogP contribution in [0.1, 0.15) is 24.1 Å². The highest BCUT2D eigenvalue weighted by Gasteiger charge is 1.98. The fraction of sp³-hybridized carbons (Fsp3) is 0.400. The molecular formula is C15H20N2. The molecule has 1 aromatic carbocycles. The van der Waals surface area contributed by atoms with Crippen molar-refractivity contribution in [2.24, 2.45) is 0 Å². The minimum atomic E-state index is 1.08. The van der Waals surface area contributed by atoms with Crippen molar-refractivity contribution in [3.8, 4) is 0 Å². The van der Waals surface area contributed by atoms with Gasteiger partial charge in [-0.2, -0.15) is 0 Å². The Kier molecular flexibility index (Phi) is 4.10. The van der Waals surface area contributed by atoms with Crippen LogP contribution in [0.25, 0.3) is 10.9 Å². The Morgan fingerprint density at radius 1 is 1.12 bits per heavy atom. The monoisotopic (exact) mass is 228 g/mol. The summed E-state index contributed by atoms with van der Waals surface area (Å²) < 4.78 is 0. The summed E-state index contributed by atoms with van der Waals surface area (Å²) in [6.45, 7) is 3.14. The van der Waals surface area contributed by atoms with Crippen LogP contribution in [0.15, 0.2) is 30.3 Å². The third-order valence-corrected chi connectivity index (χ3v) is 3.04. The van der Waals surface area contributed by atoms with Crippen molar-refractivity contribution >= 4 is 10.9 Å². The van der Waals surface area contributed by atoms with Crippen LogP contribution in [0, 0.1) is 6.92 Å². The van der Waals surface area contributed by atoms with Gasteiger partial charge in [-0.15, -0.1) is 0 Å². The van der Waals surface area contributed by atoms with E-state index in [1.807, 2.05) is 14.0 Å². The first kappa shape index (κ1) is 12.1. The maximum atomic E-state index is 4.52. The third kappa shape index (κ3) is 3.27. The lowest BCUT2D eigenvalue weighted by atomic mass is 10.1. The number of benzene rings is 1. The number of fused-ring (bicyclic) bond motifs is 1. The fourth-order valence-electron chi connectivity index (χ4n) is 2.06. The average molecular weight is 228 g/mol. The molecule has 0 aliphatic rings. The zero-order valence-electron chi connectivity index (χ0n) is 10.7. The highest BCUT2D eigenvalue weighted by Crippen LogP contribution is 2.16. The topological polar surface area (TPSA) is 24.9 Å². The number of hydrogen-bond acceptors (Lipinski definition) is 2. The molecule has 17 heavy (non-hydrogen) atoms. The molecule has 0 radical (unpaired) electrons. The van der Waals surface area contributed by atoms with E-state index >= 15 is 0 Å². The molecule has 1 N–H and O–H groups in total. The van der Waals surface area contributed by atoms with Crippen LogP contribution in [-0.4, -0.2) is 18.6 Å². The van der Waals surface area contributed by atoms with E-state index in [2.05, 4.69) is 40.6 Å². The average Bonchev–Trinajstić information content (AvgIpc) is 2.35. The summed E-state index contributed by atoms with van der Waals surface area (Å²) in [6, 6.07) is 10.8. The Hall–Kier alpha value is -1.41. The molecule has 0 spiro atoms. The summed E-state index contributed by atoms with van der Waals surface area (Å²) in [6.07, 6.45) is 3.64. The van der Waals surface area contributed by atoms with Crippen molar-refractivity contribution in [3.63, 3.8) is 0 Å². The van der Waals surface area contributed by atoms with Gasteiger partial charge in [-0.3, -0.25) is 4.98 Å². The summed E-state index contributed by atoms with van der Waals surface area (Å²) in [5.74, 6) is 0. The zero-order chi connectivity index (χ0) is 12.1. The Morgan fingerprint density at radius 2 is 2.00 bits per heavy atom. The molecule has 0 saturated heterocycles. The van der Waals surface area contributed by atoms with Crippen molar-refractivity contribution in [3.05, 3.63) is 41.6 Å². The largest absolute Gasteiger partial charge is 0.320 e. The molecule has 0 aliphatic carbocycles. The minimum Gasteiger partial charge on any atom is -0.320 e. The van der Waals surface area contributed by atoms with E-state index in [4.69, 9.17) is 0 Å². The molecule has 0 bridgehead atoms. The van der Waals surface area contributed by atoms with Gasteiger partial charge >= 0.3 is 0 Å². The smallest absolute Gasteiger partial charge is 0.0705 e. The lowest BCUT2D eigenvalue weighted by Crippen LogP contribution is -2.07. The molecule has 0 amide bonds. The number of nitrogens with one attached hydrogen (secondary N) is 1. The number of pyridine rings is 1. The highest BCUT2D eigenvalue weighted by atomic mass is 14.8. The van der Waals surface area contributed by atoms with Crippen molar-refractivity contribution in [1.29, 1.82) is 0 Å². The molecule has 1 aromatic heterocycles. The Morgan fingerprint density at radius 3 is 2.82 bits per heavy atom. The van der Waals surface area contributed by atoms with Crippen LogP contribution < -0.4 is 5.32 Å². The summed E-state index contributed by atoms with van der Waals surface area (Å²) in [5.41, 5.74) is 3.60. The number of aromatic nitrogens is 1. The zero-order valence-corrected chi connectivity index (χ0v) is 10.7. The molecule has 2 heteroatoms. The van der Waals surface area contributed by atoms with Crippen LogP contribution in [0.3, 0.4) is 0 Å². The highest BCUT2D eigenvalue weighted by molar-refractivity contribution is 5.79. The van der Waals surface area contributed by atoms with Gasteiger partial charge in [0, 0.05) is 11.1 Å². The van der Waals surface area contributed by atoms with Crippen LogP contribution in [-0.2, 0) is 6.42 Å².